The molecule has 0 aliphatic carbocycles. The predicted molar refractivity (Wildman–Crippen MR) is 67.5 cm³/mol. The van der Waals surface area contributed by atoms with Crippen molar-refractivity contribution in [2.45, 2.75) is 6.61 Å². The molecule has 3 nitrogen and oxygen atoms in total. The zero-order valence-corrected chi connectivity index (χ0v) is 10.1. The Hall–Kier alpha value is -1.81. The Kier molecular flexibility index (Phi) is 2.37. The SMILES string of the molecule is CNC(=O)c1cc2c(s1)-c1ccccc1OC2. The summed E-state index contributed by atoms with van der Waals surface area (Å²) in [7, 11) is 1.64. The van der Waals surface area contributed by atoms with E-state index in [4.69, 9.17) is 4.74 Å². The van der Waals surface area contributed by atoms with E-state index in [0.29, 0.717) is 6.61 Å². The first-order valence-electron chi connectivity index (χ1n) is 5.36. The van der Waals surface area contributed by atoms with E-state index in [0.717, 1.165) is 26.6 Å². The fourth-order valence-electron chi connectivity index (χ4n) is 1.93. The molecule has 1 amide bonds. The van der Waals surface area contributed by atoms with E-state index in [1.54, 1.807) is 7.05 Å². The van der Waals surface area contributed by atoms with E-state index in [-0.39, 0.29) is 5.91 Å². The molecule has 0 saturated carbocycles. The summed E-state index contributed by atoms with van der Waals surface area (Å²) in [5.41, 5.74) is 2.17. The Bertz CT molecular complexity index is 589. The van der Waals surface area contributed by atoms with Crippen molar-refractivity contribution in [3.63, 3.8) is 0 Å². The fraction of sp³-hybridized carbons (Fsp3) is 0.154. The van der Waals surface area contributed by atoms with E-state index in [1.165, 1.54) is 11.3 Å². The number of para-hydroxylation sites is 1. The molecule has 1 aromatic heterocycles. The summed E-state index contributed by atoms with van der Waals surface area (Å²) in [5, 5.41) is 2.65. The van der Waals surface area contributed by atoms with Gasteiger partial charge in [-0.25, -0.2) is 0 Å². The molecule has 4 heteroatoms. The van der Waals surface area contributed by atoms with Crippen LogP contribution in [-0.4, -0.2) is 13.0 Å². The number of hydrogen-bond acceptors (Lipinski definition) is 3. The maximum Gasteiger partial charge on any atom is 0.261 e. The number of amides is 1. The molecular formula is C13H11NO2S. The summed E-state index contributed by atoms with van der Waals surface area (Å²) in [5.74, 6) is 0.854. The molecule has 0 fully saturated rings. The van der Waals surface area contributed by atoms with Crippen LogP contribution in [0.2, 0.25) is 0 Å². The van der Waals surface area contributed by atoms with E-state index < -0.39 is 0 Å². The summed E-state index contributed by atoms with van der Waals surface area (Å²) >= 11 is 1.52. The lowest BCUT2D eigenvalue weighted by Crippen LogP contribution is -2.16. The van der Waals surface area contributed by atoms with Gasteiger partial charge < -0.3 is 10.1 Å². The zero-order chi connectivity index (χ0) is 11.8. The van der Waals surface area contributed by atoms with Crippen LogP contribution >= 0.6 is 11.3 Å². The van der Waals surface area contributed by atoms with Crippen molar-refractivity contribution in [3.8, 4) is 16.2 Å². The molecule has 1 aromatic carbocycles. The van der Waals surface area contributed by atoms with E-state index in [2.05, 4.69) is 5.32 Å². The van der Waals surface area contributed by atoms with Gasteiger partial charge in [0.05, 0.1) is 4.88 Å². The Labute approximate surface area is 103 Å². The summed E-state index contributed by atoms with van der Waals surface area (Å²) in [6, 6.07) is 9.83. The molecule has 1 aliphatic heterocycles. The highest BCUT2D eigenvalue weighted by atomic mass is 32.1. The highest BCUT2D eigenvalue weighted by Gasteiger charge is 2.21. The lowest BCUT2D eigenvalue weighted by atomic mass is 10.1. The molecule has 0 spiro atoms. The molecule has 17 heavy (non-hydrogen) atoms. The molecule has 0 atom stereocenters. The van der Waals surface area contributed by atoms with Crippen molar-refractivity contribution >= 4 is 17.2 Å². The minimum absolute atomic E-state index is 0.0399. The molecular weight excluding hydrogens is 234 g/mol. The topological polar surface area (TPSA) is 38.3 Å². The Balaban J connectivity index is 2.13. The number of thiophene rings is 1. The molecule has 2 heterocycles. The van der Waals surface area contributed by atoms with Crippen molar-refractivity contribution in [1.82, 2.24) is 5.32 Å². The second kappa shape index (κ2) is 3.89. The number of ether oxygens (including phenoxy) is 1. The van der Waals surface area contributed by atoms with Crippen molar-refractivity contribution < 1.29 is 9.53 Å². The number of carbonyl (C=O) groups excluding carboxylic acids is 1. The van der Waals surface area contributed by atoms with Crippen LogP contribution in [0.4, 0.5) is 0 Å². The number of rotatable bonds is 1. The van der Waals surface area contributed by atoms with Gasteiger partial charge in [-0.05, 0) is 18.2 Å². The van der Waals surface area contributed by atoms with Gasteiger partial charge in [0.25, 0.3) is 5.91 Å². The molecule has 86 valence electrons. The number of carbonyl (C=O) groups is 1. The average Bonchev–Trinajstić information content (AvgIpc) is 2.82. The van der Waals surface area contributed by atoms with Crippen molar-refractivity contribution in [2.24, 2.45) is 0 Å². The van der Waals surface area contributed by atoms with Crippen LogP contribution in [0.5, 0.6) is 5.75 Å². The fourth-order valence-corrected chi connectivity index (χ4v) is 3.08. The highest BCUT2D eigenvalue weighted by molar-refractivity contribution is 7.17. The lowest BCUT2D eigenvalue weighted by Gasteiger charge is -2.16. The van der Waals surface area contributed by atoms with Crippen LogP contribution in [0.25, 0.3) is 10.4 Å². The maximum atomic E-state index is 11.6. The van der Waals surface area contributed by atoms with Gasteiger partial charge in [0.1, 0.15) is 12.4 Å². The van der Waals surface area contributed by atoms with Gasteiger partial charge in [0.2, 0.25) is 0 Å². The number of hydrogen-bond donors (Lipinski definition) is 1. The predicted octanol–water partition coefficient (Wildman–Crippen LogP) is 2.67. The van der Waals surface area contributed by atoms with Gasteiger partial charge in [0.15, 0.2) is 0 Å². The van der Waals surface area contributed by atoms with Gasteiger partial charge in [0, 0.05) is 23.1 Å². The molecule has 1 N–H and O–H groups in total. The second-order valence-electron chi connectivity index (χ2n) is 3.83. The van der Waals surface area contributed by atoms with Crippen molar-refractivity contribution in [3.05, 3.63) is 40.8 Å². The van der Waals surface area contributed by atoms with Crippen LogP contribution in [0, 0.1) is 0 Å². The van der Waals surface area contributed by atoms with E-state index >= 15 is 0 Å². The highest BCUT2D eigenvalue weighted by Crippen LogP contribution is 2.42. The molecule has 1 aliphatic rings. The monoisotopic (exact) mass is 245 g/mol. The Morgan fingerprint density at radius 1 is 1.41 bits per heavy atom. The van der Waals surface area contributed by atoms with Crippen LogP contribution in [0.15, 0.2) is 30.3 Å². The number of nitrogens with one attached hydrogen (secondary N) is 1. The van der Waals surface area contributed by atoms with Crippen LogP contribution in [-0.2, 0) is 6.61 Å². The molecule has 0 bridgehead atoms. The standard InChI is InChI=1S/C13H11NO2S/c1-14-13(15)11-6-8-7-16-10-5-3-2-4-9(10)12(8)17-11/h2-6H,7H2,1H3,(H,14,15). The van der Waals surface area contributed by atoms with Crippen LogP contribution in [0.1, 0.15) is 15.2 Å². The van der Waals surface area contributed by atoms with Crippen molar-refractivity contribution in [1.29, 1.82) is 0 Å². The van der Waals surface area contributed by atoms with E-state index in [9.17, 15) is 4.79 Å². The van der Waals surface area contributed by atoms with Gasteiger partial charge in [-0.15, -0.1) is 11.3 Å². The Morgan fingerprint density at radius 3 is 3.06 bits per heavy atom. The maximum absolute atomic E-state index is 11.6. The minimum Gasteiger partial charge on any atom is -0.488 e. The normalized spacial score (nSPS) is 12.3. The first-order chi connectivity index (χ1) is 8.29. The third-order valence-corrected chi connectivity index (χ3v) is 3.98. The first kappa shape index (κ1) is 10.4. The second-order valence-corrected chi connectivity index (χ2v) is 4.88. The quantitative estimate of drug-likeness (QED) is 0.838. The number of benzene rings is 1. The molecule has 0 saturated heterocycles. The van der Waals surface area contributed by atoms with Gasteiger partial charge in [-0.3, -0.25) is 4.79 Å². The number of fused-ring (bicyclic) bond motifs is 3. The van der Waals surface area contributed by atoms with Gasteiger partial charge in [-0.2, -0.15) is 0 Å². The van der Waals surface area contributed by atoms with Gasteiger partial charge >= 0.3 is 0 Å². The lowest BCUT2D eigenvalue weighted by molar-refractivity contribution is 0.0967. The molecule has 3 rings (SSSR count). The summed E-state index contributed by atoms with van der Waals surface area (Å²) in [4.78, 5) is 13.5. The summed E-state index contributed by atoms with van der Waals surface area (Å²) in [6.07, 6.45) is 0. The molecule has 0 unspecified atom stereocenters. The van der Waals surface area contributed by atoms with Gasteiger partial charge in [-0.1, -0.05) is 12.1 Å². The van der Waals surface area contributed by atoms with E-state index in [1.807, 2.05) is 30.3 Å². The zero-order valence-electron chi connectivity index (χ0n) is 9.32. The van der Waals surface area contributed by atoms with Crippen LogP contribution in [0.3, 0.4) is 0 Å². The summed E-state index contributed by atoms with van der Waals surface area (Å²) in [6.45, 7) is 0.542. The third kappa shape index (κ3) is 1.61. The smallest absolute Gasteiger partial charge is 0.261 e. The largest absolute Gasteiger partial charge is 0.488 e. The summed E-state index contributed by atoms with van der Waals surface area (Å²) < 4.78 is 5.65. The third-order valence-electron chi connectivity index (χ3n) is 2.77. The minimum atomic E-state index is -0.0399. The Morgan fingerprint density at radius 2 is 2.24 bits per heavy atom. The molecule has 0 radical (unpaired) electrons. The first-order valence-corrected chi connectivity index (χ1v) is 6.18. The van der Waals surface area contributed by atoms with Crippen molar-refractivity contribution in [2.75, 3.05) is 7.05 Å². The molecule has 2 aromatic rings. The van der Waals surface area contributed by atoms with Crippen LogP contribution < -0.4 is 10.1 Å². The average molecular weight is 245 g/mol.